The summed E-state index contributed by atoms with van der Waals surface area (Å²) in [5.41, 5.74) is 1.80. The molecular weight excluding hydrogens is 524 g/mol. The lowest BCUT2D eigenvalue weighted by Gasteiger charge is -2.12. The highest BCUT2D eigenvalue weighted by Gasteiger charge is 2.22. The van der Waals surface area contributed by atoms with Crippen LogP contribution in [0.5, 0.6) is 11.5 Å². The number of esters is 1. The summed E-state index contributed by atoms with van der Waals surface area (Å²) in [6.07, 6.45) is 4.58. The molecule has 2 N–H and O–H groups in total. The number of amides is 3. The number of hydrogen-bond acceptors (Lipinski definition) is 9. The Bertz CT molecular complexity index is 1200. The highest BCUT2D eigenvalue weighted by Crippen LogP contribution is 2.37. The second kappa shape index (κ2) is 16.0. The quantitative estimate of drug-likeness (QED) is 0.316. The average Bonchev–Trinajstić information content (AvgIpc) is 3.28. The number of carbonyl (C=O) groups excluding carboxylic acids is 4. The van der Waals surface area contributed by atoms with Crippen molar-refractivity contribution in [2.45, 2.75) is 39.5 Å². The Labute approximate surface area is 232 Å². The summed E-state index contributed by atoms with van der Waals surface area (Å²) in [5, 5.41) is 15.1. The summed E-state index contributed by atoms with van der Waals surface area (Å²) in [6.45, 7) is 3.61. The Hall–Kier alpha value is -4.11. The van der Waals surface area contributed by atoms with Gasteiger partial charge in [0.05, 0.1) is 18.8 Å². The number of anilines is 1. The van der Waals surface area contributed by atoms with E-state index in [2.05, 4.69) is 16.7 Å². The number of benzene rings is 1. The number of nitriles is 1. The number of nitrogens with one attached hydrogen (secondary N) is 2. The van der Waals surface area contributed by atoms with E-state index in [0.717, 1.165) is 42.5 Å². The van der Waals surface area contributed by atoms with Crippen molar-refractivity contribution >= 4 is 40.5 Å². The summed E-state index contributed by atoms with van der Waals surface area (Å²) in [4.78, 5) is 48.6. The van der Waals surface area contributed by atoms with Crippen molar-refractivity contribution < 1.29 is 33.4 Å². The van der Waals surface area contributed by atoms with Gasteiger partial charge in [-0.2, -0.15) is 5.26 Å². The lowest BCUT2D eigenvalue weighted by atomic mass is 9.96. The molecule has 0 atom stereocenters. The molecule has 0 saturated carbocycles. The molecule has 11 nitrogen and oxygen atoms in total. The smallest absolute Gasteiger partial charge is 0.325 e. The molecular formula is C27H34N4O7S. The Morgan fingerprint density at radius 2 is 1.77 bits per heavy atom. The number of thiophene rings is 1. The van der Waals surface area contributed by atoms with Gasteiger partial charge in [-0.25, -0.2) is 0 Å². The van der Waals surface area contributed by atoms with Crippen molar-refractivity contribution in [1.29, 1.82) is 5.26 Å². The minimum absolute atomic E-state index is 0.295. The van der Waals surface area contributed by atoms with Crippen LogP contribution in [-0.4, -0.2) is 69.6 Å². The third kappa shape index (κ3) is 9.61. The van der Waals surface area contributed by atoms with Crippen LogP contribution < -0.4 is 20.1 Å². The molecule has 12 heteroatoms. The van der Waals surface area contributed by atoms with Crippen molar-refractivity contribution in [3.05, 3.63) is 39.8 Å². The number of nitrogens with zero attached hydrogens (tertiary/aromatic N) is 2. The van der Waals surface area contributed by atoms with Crippen LogP contribution in [0.25, 0.3) is 0 Å². The van der Waals surface area contributed by atoms with Gasteiger partial charge in [0, 0.05) is 24.5 Å². The summed E-state index contributed by atoms with van der Waals surface area (Å²) in [7, 11) is 3.38. The van der Waals surface area contributed by atoms with Gasteiger partial charge >= 0.3 is 5.97 Å². The molecule has 0 aliphatic heterocycles. The van der Waals surface area contributed by atoms with Gasteiger partial charge < -0.3 is 29.7 Å². The summed E-state index contributed by atoms with van der Waals surface area (Å²) < 4.78 is 15.9. The molecule has 0 bridgehead atoms. The fourth-order valence-corrected chi connectivity index (χ4v) is 4.83. The monoisotopic (exact) mass is 558 g/mol. The first kappa shape index (κ1) is 31.1. The van der Waals surface area contributed by atoms with Crippen LogP contribution in [0.4, 0.5) is 5.00 Å². The van der Waals surface area contributed by atoms with Gasteiger partial charge in [0.25, 0.3) is 11.8 Å². The molecule has 0 fully saturated rings. The molecule has 39 heavy (non-hydrogen) atoms. The van der Waals surface area contributed by atoms with Crippen LogP contribution in [0.1, 0.15) is 53.1 Å². The molecule has 2 aromatic rings. The van der Waals surface area contributed by atoms with Gasteiger partial charge in [0.1, 0.15) is 17.6 Å². The Balaban J connectivity index is 0.000000976. The lowest BCUT2D eigenvalue weighted by Crippen LogP contribution is -2.32. The number of ether oxygens (including phenoxy) is 3. The van der Waals surface area contributed by atoms with E-state index in [1.54, 1.807) is 26.2 Å². The summed E-state index contributed by atoms with van der Waals surface area (Å²) in [6, 6.07) is 6.90. The van der Waals surface area contributed by atoms with Crippen LogP contribution in [0.15, 0.2) is 18.2 Å². The molecule has 3 amide bonds. The van der Waals surface area contributed by atoms with Crippen molar-refractivity contribution in [3.8, 4) is 17.6 Å². The molecule has 0 unspecified atom stereocenters. The number of hydrogen-bond donors (Lipinski definition) is 2. The average molecular weight is 559 g/mol. The molecule has 210 valence electrons. The Kier molecular flexibility index (Phi) is 12.8. The molecule has 3 rings (SSSR count). The molecule has 1 heterocycles. The molecule has 1 aliphatic rings. The zero-order valence-electron chi connectivity index (χ0n) is 22.6. The highest BCUT2D eigenvalue weighted by molar-refractivity contribution is 7.16. The van der Waals surface area contributed by atoms with Crippen LogP contribution in [0.3, 0.4) is 0 Å². The molecule has 1 aliphatic carbocycles. The fraction of sp³-hybridized carbons (Fsp3) is 0.444. The Morgan fingerprint density at radius 1 is 1.10 bits per heavy atom. The van der Waals surface area contributed by atoms with Crippen LogP contribution in [-0.2, 0) is 32.0 Å². The van der Waals surface area contributed by atoms with E-state index in [1.807, 2.05) is 13.8 Å². The maximum Gasteiger partial charge on any atom is 0.325 e. The molecule has 0 radical (unpaired) electrons. The van der Waals surface area contributed by atoms with Crippen LogP contribution in [0, 0.1) is 11.3 Å². The van der Waals surface area contributed by atoms with Crippen molar-refractivity contribution in [3.63, 3.8) is 0 Å². The van der Waals surface area contributed by atoms with E-state index in [9.17, 15) is 24.4 Å². The van der Waals surface area contributed by atoms with Gasteiger partial charge in [-0.15, -0.1) is 11.3 Å². The number of rotatable bonds is 11. The first-order valence-corrected chi connectivity index (χ1v) is 13.3. The highest BCUT2D eigenvalue weighted by atomic mass is 32.1. The first-order chi connectivity index (χ1) is 18.7. The Morgan fingerprint density at radius 3 is 2.41 bits per heavy atom. The summed E-state index contributed by atoms with van der Waals surface area (Å²) >= 11 is 1.40. The SMILES string of the molecule is CCOc1ccc(C(=O)NCC(=O)OCC(=O)Nc2sc3c(c2C#N)CCCC3)cc1OCC.CN(C)C=O. The fourth-order valence-electron chi connectivity index (χ4n) is 3.58. The second-order valence-corrected chi connectivity index (χ2v) is 9.62. The molecule has 1 aromatic carbocycles. The lowest BCUT2D eigenvalue weighted by molar-refractivity contribution is -0.146. The standard InChI is InChI=1S/C24H27N3O6S.C3H7NO/c1-3-31-18-10-9-15(11-19(18)32-4-2)23(30)26-13-22(29)33-14-21(28)27-24-17(12-25)16-7-5-6-8-20(16)34-24;1-4(2)3-5/h9-11H,3-8,13-14H2,1-2H3,(H,26,30)(H,27,28);3H,1-2H3. The van der Waals surface area contributed by atoms with E-state index in [4.69, 9.17) is 14.2 Å². The van der Waals surface area contributed by atoms with E-state index >= 15 is 0 Å². The van der Waals surface area contributed by atoms with Crippen molar-refractivity contribution in [2.24, 2.45) is 0 Å². The number of carbonyl (C=O) groups is 4. The second-order valence-electron chi connectivity index (χ2n) is 8.51. The van der Waals surface area contributed by atoms with Crippen LogP contribution in [0.2, 0.25) is 0 Å². The van der Waals surface area contributed by atoms with Crippen molar-refractivity contribution in [2.75, 3.05) is 45.8 Å². The van der Waals surface area contributed by atoms with Crippen molar-refractivity contribution in [1.82, 2.24) is 10.2 Å². The molecule has 1 aromatic heterocycles. The van der Waals surface area contributed by atoms with Gasteiger partial charge in [-0.1, -0.05) is 0 Å². The van der Waals surface area contributed by atoms with Gasteiger partial charge in [-0.05, 0) is 63.3 Å². The maximum absolute atomic E-state index is 12.4. The topological polar surface area (TPSA) is 147 Å². The third-order valence-corrected chi connectivity index (χ3v) is 6.52. The normalized spacial score (nSPS) is 11.5. The largest absolute Gasteiger partial charge is 0.490 e. The predicted molar refractivity (Wildman–Crippen MR) is 146 cm³/mol. The van der Waals surface area contributed by atoms with Gasteiger partial charge in [0.2, 0.25) is 6.41 Å². The van der Waals surface area contributed by atoms with E-state index < -0.39 is 30.9 Å². The van der Waals surface area contributed by atoms with Crippen LogP contribution >= 0.6 is 11.3 Å². The molecule has 0 spiro atoms. The zero-order chi connectivity index (χ0) is 28.8. The minimum Gasteiger partial charge on any atom is -0.490 e. The minimum atomic E-state index is -0.759. The predicted octanol–water partition coefficient (Wildman–Crippen LogP) is 2.91. The van der Waals surface area contributed by atoms with E-state index in [0.29, 0.717) is 40.8 Å². The van der Waals surface area contributed by atoms with E-state index in [-0.39, 0.29) is 0 Å². The number of aryl methyl sites for hydroxylation is 1. The third-order valence-electron chi connectivity index (χ3n) is 5.31. The van der Waals surface area contributed by atoms with E-state index in [1.165, 1.54) is 22.3 Å². The molecule has 0 saturated heterocycles. The van der Waals surface area contributed by atoms with Gasteiger partial charge in [-0.3, -0.25) is 19.2 Å². The maximum atomic E-state index is 12.4. The first-order valence-electron chi connectivity index (χ1n) is 12.5. The zero-order valence-corrected chi connectivity index (χ0v) is 23.4. The summed E-state index contributed by atoms with van der Waals surface area (Å²) in [5.74, 6) is -0.831. The van der Waals surface area contributed by atoms with Gasteiger partial charge in [0.15, 0.2) is 18.1 Å². The number of fused-ring (bicyclic) bond motifs is 1.